The van der Waals surface area contributed by atoms with Gasteiger partial charge in [0, 0.05) is 0 Å². The Morgan fingerprint density at radius 2 is 1.71 bits per heavy atom. The van der Waals surface area contributed by atoms with Crippen LogP contribution in [0, 0.1) is 22.7 Å². The third-order valence-corrected chi connectivity index (χ3v) is 8.28. The van der Waals surface area contributed by atoms with E-state index in [4.69, 9.17) is 9.47 Å². The van der Waals surface area contributed by atoms with Crippen LogP contribution in [0.4, 0.5) is 0 Å². The van der Waals surface area contributed by atoms with Crippen LogP contribution in [-0.2, 0) is 14.3 Å². The number of fused-ring (bicyclic) bond motifs is 3. The van der Waals surface area contributed by atoms with E-state index in [0.717, 1.165) is 38.5 Å². The molecule has 0 spiro atoms. The summed E-state index contributed by atoms with van der Waals surface area (Å²) in [6, 6.07) is 0. The second kappa shape index (κ2) is 5.72. The fourth-order valence-electron chi connectivity index (χ4n) is 6.83. The van der Waals surface area contributed by atoms with Gasteiger partial charge in [-0.25, -0.2) is 0 Å². The minimum absolute atomic E-state index is 0.00264. The van der Waals surface area contributed by atoms with E-state index in [2.05, 4.69) is 34.6 Å². The predicted molar refractivity (Wildman–Crippen MR) is 95.7 cm³/mol. The molecule has 1 aliphatic heterocycles. The Morgan fingerprint density at radius 3 is 2.33 bits per heavy atom. The molecular weight excluding hydrogens is 300 g/mol. The molecule has 2 aliphatic carbocycles. The van der Waals surface area contributed by atoms with E-state index in [9.17, 15) is 4.79 Å². The van der Waals surface area contributed by atoms with E-state index in [1.54, 1.807) is 7.11 Å². The molecule has 0 aromatic heterocycles. The Bertz CT molecular complexity index is 517. The first-order valence-corrected chi connectivity index (χ1v) is 9.92. The Balaban J connectivity index is 1.95. The molecule has 0 unspecified atom stereocenters. The van der Waals surface area contributed by atoms with E-state index in [0.29, 0.717) is 11.8 Å². The zero-order valence-corrected chi connectivity index (χ0v) is 16.5. The van der Waals surface area contributed by atoms with Crippen molar-refractivity contribution in [2.75, 3.05) is 7.11 Å². The van der Waals surface area contributed by atoms with Crippen molar-refractivity contribution in [3.05, 3.63) is 0 Å². The van der Waals surface area contributed by atoms with Gasteiger partial charge in [-0.15, -0.1) is 0 Å². The van der Waals surface area contributed by atoms with E-state index in [1.165, 1.54) is 12.8 Å². The van der Waals surface area contributed by atoms with Gasteiger partial charge >= 0.3 is 5.97 Å². The van der Waals surface area contributed by atoms with Gasteiger partial charge in [0.15, 0.2) is 0 Å². The van der Waals surface area contributed by atoms with Crippen LogP contribution >= 0.6 is 0 Å². The van der Waals surface area contributed by atoms with Crippen LogP contribution in [-0.4, -0.2) is 24.3 Å². The predicted octanol–water partition coefficient (Wildman–Crippen LogP) is 5.12. The monoisotopic (exact) mass is 336 g/mol. The van der Waals surface area contributed by atoms with Crippen LogP contribution in [0.1, 0.15) is 86.0 Å². The topological polar surface area (TPSA) is 35.5 Å². The first-order valence-electron chi connectivity index (χ1n) is 9.92. The first-order chi connectivity index (χ1) is 11.1. The van der Waals surface area contributed by atoms with Crippen molar-refractivity contribution in [3.8, 4) is 0 Å². The normalized spacial score (nSPS) is 51.4. The van der Waals surface area contributed by atoms with Crippen molar-refractivity contribution in [1.82, 2.24) is 0 Å². The van der Waals surface area contributed by atoms with Crippen molar-refractivity contribution < 1.29 is 14.3 Å². The summed E-state index contributed by atoms with van der Waals surface area (Å²) in [5.41, 5.74) is -0.157. The number of hydrogen-bond donors (Lipinski definition) is 0. The molecule has 3 nitrogen and oxygen atoms in total. The molecule has 3 fully saturated rings. The molecule has 24 heavy (non-hydrogen) atoms. The lowest BCUT2D eigenvalue weighted by molar-refractivity contribution is -0.267. The van der Waals surface area contributed by atoms with Gasteiger partial charge in [0.2, 0.25) is 0 Å². The third-order valence-electron chi connectivity index (χ3n) is 8.28. The van der Waals surface area contributed by atoms with Gasteiger partial charge in [0.1, 0.15) is 0 Å². The van der Waals surface area contributed by atoms with E-state index >= 15 is 0 Å². The highest BCUT2D eigenvalue weighted by Gasteiger charge is 2.64. The zero-order valence-electron chi connectivity index (χ0n) is 16.5. The summed E-state index contributed by atoms with van der Waals surface area (Å²) >= 11 is 0. The second-order valence-electron chi connectivity index (χ2n) is 9.67. The van der Waals surface area contributed by atoms with Gasteiger partial charge in [-0.2, -0.15) is 0 Å². The average Bonchev–Trinajstić information content (AvgIpc) is 2.52. The lowest BCUT2D eigenvalue weighted by atomic mass is 9.44. The minimum Gasteiger partial charge on any atom is -0.469 e. The molecule has 3 rings (SSSR count). The third kappa shape index (κ3) is 2.45. The molecule has 0 amide bonds. The van der Waals surface area contributed by atoms with Crippen LogP contribution in [0.25, 0.3) is 0 Å². The fraction of sp³-hybridized carbons (Fsp3) is 0.952. The molecule has 0 aromatic carbocycles. The number of carbonyl (C=O) groups is 1. The molecule has 2 saturated carbocycles. The van der Waals surface area contributed by atoms with E-state index in [1.807, 2.05) is 0 Å². The fourth-order valence-corrected chi connectivity index (χ4v) is 6.83. The molecule has 0 aromatic rings. The molecule has 1 heterocycles. The van der Waals surface area contributed by atoms with Crippen LogP contribution in [0.15, 0.2) is 0 Å². The first kappa shape index (κ1) is 18.2. The maximum atomic E-state index is 12.6. The summed E-state index contributed by atoms with van der Waals surface area (Å²) in [4.78, 5) is 12.6. The molecular formula is C21H36O3. The Labute approximate surface area is 147 Å². The summed E-state index contributed by atoms with van der Waals surface area (Å²) in [5.74, 6) is 0.962. The number of esters is 1. The summed E-state index contributed by atoms with van der Waals surface area (Å²) < 4.78 is 12.0. The Hall–Kier alpha value is -0.570. The van der Waals surface area contributed by atoms with Gasteiger partial charge in [0.05, 0.1) is 23.7 Å². The smallest absolute Gasteiger partial charge is 0.311 e. The highest BCUT2D eigenvalue weighted by molar-refractivity contribution is 5.77. The zero-order chi connectivity index (χ0) is 17.8. The van der Waals surface area contributed by atoms with E-state index in [-0.39, 0.29) is 28.0 Å². The highest BCUT2D eigenvalue weighted by atomic mass is 16.5. The molecule has 3 heteroatoms. The second-order valence-corrected chi connectivity index (χ2v) is 9.67. The molecule has 3 aliphatic rings. The molecule has 0 radical (unpaired) electrons. The van der Waals surface area contributed by atoms with Gasteiger partial charge in [-0.1, -0.05) is 20.3 Å². The SMILES string of the molecule is CC[C@@]1(C)CC[C@@H]2[C@@]3(C)CCC[C@](C)(C(=O)OC)[C@@H]3CC[C@@]2(C)O1. The summed E-state index contributed by atoms with van der Waals surface area (Å²) in [6.45, 7) is 11.5. The van der Waals surface area contributed by atoms with Crippen LogP contribution in [0.2, 0.25) is 0 Å². The summed E-state index contributed by atoms with van der Waals surface area (Å²) in [7, 11) is 1.54. The maximum Gasteiger partial charge on any atom is 0.311 e. The van der Waals surface area contributed by atoms with Crippen LogP contribution < -0.4 is 0 Å². The summed E-state index contributed by atoms with van der Waals surface area (Å²) in [5, 5.41) is 0. The summed E-state index contributed by atoms with van der Waals surface area (Å²) in [6.07, 6.45) is 8.90. The van der Waals surface area contributed by atoms with Crippen molar-refractivity contribution in [2.45, 2.75) is 97.2 Å². The highest BCUT2D eigenvalue weighted by Crippen LogP contribution is 2.66. The van der Waals surface area contributed by atoms with Crippen molar-refractivity contribution in [2.24, 2.45) is 22.7 Å². The molecule has 138 valence electrons. The number of carbonyl (C=O) groups excluding carboxylic acids is 1. The molecule has 6 atom stereocenters. The van der Waals surface area contributed by atoms with Crippen molar-refractivity contribution >= 4 is 5.97 Å². The lowest BCUT2D eigenvalue weighted by Gasteiger charge is -2.65. The number of rotatable bonds is 2. The van der Waals surface area contributed by atoms with Gasteiger partial charge in [0.25, 0.3) is 0 Å². The van der Waals surface area contributed by atoms with Gasteiger partial charge in [-0.05, 0) is 83.0 Å². The maximum absolute atomic E-state index is 12.6. The van der Waals surface area contributed by atoms with Crippen molar-refractivity contribution in [3.63, 3.8) is 0 Å². The Kier molecular flexibility index (Phi) is 4.35. The number of hydrogen-bond acceptors (Lipinski definition) is 3. The molecule has 0 bridgehead atoms. The Morgan fingerprint density at radius 1 is 1.04 bits per heavy atom. The largest absolute Gasteiger partial charge is 0.469 e. The molecule has 0 N–H and O–H groups in total. The van der Waals surface area contributed by atoms with Crippen LogP contribution in [0.3, 0.4) is 0 Å². The van der Waals surface area contributed by atoms with Crippen molar-refractivity contribution in [1.29, 1.82) is 0 Å². The standard InChI is InChI=1S/C21H36O3/c1-7-18(2)13-9-16-19(3)11-8-12-20(4,17(22)23-6)15(19)10-14-21(16,5)24-18/h15-16H,7-14H2,1-6H3/t15-,16-,18+,19+,20+,21-/m1/s1. The average molecular weight is 337 g/mol. The van der Waals surface area contributed by atoms with Crippen LogP contribution in [0.5, 0.6) is 0 Å². The van der Waals surface area contributed by atoms with Gasteiger partial charge in [-0.3, -0.25) is 4.79 Å². The quantitative estimate of drug-likeness (QED) is 0.657. The van der Waals surface area contributed by atoms with Gasteiger partial charge < -0.3 is 9.47 Å². The lowest BCUT2D eigenvalue weighted by Crippen LogP contribution is -2.64. The number of ether oxygens (including phenoxy) is 2. The van der Waals surface area contributed by atoms with E-state index < -0.39 is 0 Å². The minimum atomic E-state index is -0.325. The number of methoxy groups -OCH3 is 1. The molecule has 1 saturated heterocycles.